The summed E-state index contributed by atoms with van der Waals surface area (Å²) < 4.78 is 7.02. The molecule has 1 aliphatic rings. The van der Waals surface area contributed by atoms with Gasteiger partial charge in [-0.3, -0.25) is 10.00 Å². The second-order valence-electron chi connectivity index (χ2n) is 6.25. The van der Waals surface area contributed by atoms with E-state index in [4.69, 9.17) is 4.74 Å². The second kappa shape index (κ2) is 5.86. The van der Waals surface area contributed by atoms with Gasteiger partial charge in [0.05, 0.1) is 12.2 Å². The van der Waals surface area contributed by atoms with Gasteiger partial charge in [-0.05, 0) is 20.8 Å². The molecule has 8 nitrogen and oxygen atoms in total. The summed E-state index contributed by atoms with van der Waals surface area (Å²) in [5, 5.41) is 9.66. The molecule has 2 heterocycles. The third-order valence-corrected chi connectivity index (χ3v) is 3.31. The molecule has 0 saturated carbocycles. The number of carbonyl (C=O) groups is 2. The lowest BCUT2D eigenvalue weighted by Crippen LogP contribution is -2.40. The maximum Gasteiger partial charge on any atom is 0.410 e. The van der Waals surface area contributed by atoms with Crippen LogP contribution in [-0.4, -0.2) is 46.0 Å². The van der Waals surface area contributed by atoms with Gasteiger partial charge in [-0.25, -0.2) is 9.59 Å². The number of hydrogen-bond donors (Lipinski definition) is 2. The Balaban J connectivity index is 2.18. The Hall–Kier alpha value is -2.25. The molecular formula is C14H23N5O3. The molecule has 0 atom stereocenters. The zero-order chi connectivity index (χ0) is 16.5. The first-order valence-corrected chi connectivity index (χ1v) is 7.22. The number of amides is 3. The van der Waals surface area contributed by atoms with Crippen LogP contribution in [0.5, 0.6) is 0 Å². The molecule has 8 heteroatoms. The SMILES string of the molecule is CNC(=O)Nc1c2c(nn1C)CCN(C(=O)OC(C)(C)C)C2. The first kappa shape index (κ1) is 16.1. The van der Waals surface area contributed by atoms with Crippen LogP contribution < -0.4 is 10.6 Å². The third-order valence-electron chi connectivity index (χ3n) is 3.31. The van der Waals surface area contributed by atoms with Crippen LogP contribution in [0.1, 0.15) is 32.0 Å². The van der Waals surface area contributed by atoms with Crippen molar-refractivity contribution in [2.24, 2.45) is 7.05 Å². The summed E-state index contributed by atoms with van der Waals surface area (Å²) in [5.41, 5.74) is 1.21. The predicted molar refractivity (Wildman–Crippen MR) is 81.6 cm³/mol. The monoisotopic (exact) mass is 309 g/mol. The van der Waals surface area contributed by atoms with Crippen LogP contribution in [-0.2, 0) is 24.8 Å². The van der Waals surface area contributed by atoms with Crippen LogP contribution in [0, 0.1) is 0 Å². The van der Waals surface area contributed by atoms with Crippen molar-refractivity contribution >= 4 is 17.9 Å². The number of aromatic nitrogens is 2. The average molecular weight is 309 g/mol. The van der Waals surface area contributed by atoms with Crippen molar-refractivity contribution in [2.45, 2.75) is 39.3 Å². The minimum Gasteiger partial charge on any atom is -0.444 e. The van der Waals surface area contributed by atoms with Gasteiger partial charge in [0.25, 0.3) is 0 Å². The molecule has 2 N–H and O–H groups in total. The van der Waals surface area contributed by atoms with Crippen molar-refractivity contribution in [2.75, 3.05) is 18.9 Å². The molecule has 1 aromatic heterocycles. The van der Waals surface area contributed by atoms with E-state index in [1.54, 1.807) is 23.7 Å². The molecule has 0 bridgehead atoms. The summed E-state index contributed by atoms with van der Waals surface area (Å²) in [6.45, 7) is 6.44. The highest BCUT2D eigenvalue weighted by Crippen LogP contribution is 2.26. The van der Waals surface area contributed by atoms with Gasteiger partial charge in [-0.2, -0.15) is 5.10 Å². The molecule has 0 spiro atoms. The van der Waals surface area contributed by atoms with Crippen LogP contribution in [0.3, 0.4) is 0 Å². The Labute approximate surface area is 129 Å². The molecule has 1 aromatic rings. The second-order valence-corrected chi connectivity index (χ2v) is 6.25. The number of hydrogen-bond acceptors (Lipinski definition) is 4. The van der Waals surface area contributed by atoms with E-state index in [1.165, 1.54) is 0 Å². The van der Waals surface area contributed by atoms with Gasteiger partial charge >= 0.3 is 12.1 Å². The third kappa shape index (κ3) is 3.49. The average Bonchev–Trinajstić information content (AvgIpc) is 2.72. The minimum atomic E-state index is -0.532. The smallest absolute Gasteiger partial charge is 0.410 e. The molecule has 122 valence electrons. The van der Waals surface area contributed by atoms with Crippen molar-refractivity contribution in [3.05, 3.63) is 11.3 Å². The van der Waals surface area contributed by atoms with Crippen LogP contribution in [0.2, 0.25) is 0 Å². The normalized spacial score (nSPS) is 14.3. The number of ether oxygens (including phenoxy) is 1. The first-order valence-electron chi connectivity index (χ1n) is 7.22. The van der Waals surface area contributed by atoms with E-state index in [9.17, 15) is 9.59 Å². The van der Waals surface area contributed by atoms with E-state index in [1.807, 2.05) is 20.8 Å². The predicted octanol–water partition coefficient (Wildman–Crippen LogP) is 1.46. The Bertz CT molecular complexity index is 588. The van der Waals surface area contributed by atoms with E-state index in [0.29, 0.717) is 25.3 Å². The van der Waals surface area contributed by atoms with Crippen LogP contribution in [0.4, 0.5) is 15.4 Å². The lowest BCUT2D eigenvalue weighted by atomic mass is 10.1. The summed E-state index contributed by atoms with van der Waals surface area (Å²) in [5.74, 6) is 0.600. The summed E-state index contributed by atoms with van der Waals surface area (Å²) >= 11 is 0. The number of anilines is 1. The number of nitrogens with one attached hydrogen (secondary N) is 2. The zero-order valence-electron chi connectivity index (χ0n) is 13.7. The number of rotatable bonds is 1. The number of fused-ring (bicyclic) bond motifs is 1. The maximum absolute atomic E-state index is 12.2. The van der Waals surface area contributed by atoms with E-state index < -0.39 is 5.60 Å². The van der Waals surface area contributed by atoms with Crippen LogP contribution >= 0.6 is 0 Å². The summed E-state index contributed by atoms with van der Waals surface area (Å²) in [4.78, 5) is 25.4. The summed E-state index contributed by atoms with van der Waals surface area (Å²) in [6, 6.07) is -0.319. The summed E-state index contributed by atoms with van der Waals surface area (Å²) in [6.07, 6.45) is 0.283. The highest BCUT2D eigenvalue weighted by molar-refractivity contribution is 5.89. The molecule has 2 rings (SSSR count). The van der Waals surface area contributed by atoms with Gasteiger partial charge in [0.1, 0.15) is 11.4 Å². The molecular weight excluding hydrogens is 286 g/mol. The standard InChI is InChI=1S/C14H23N5O3/c1-14(2,3)22-13(21)19-7-6-10-9(8-19)11(18(5)17-10)16-12(20)15-4/h6-8H2,1-5H3,(H2,15,16,20). The molecule has 0 aliphatic carbocycles. The minimum absolute atomic E-state index is 0.319. The Morgan fingerprint density at radius 2 is 2.00 bits per heavy atom. The quantitative estimate of drug-likeness (QED) is 0.822. The highest BCUT2D eigenvalue weighted by Gasteiger charge is 2.29. The van der Waals surface area contributed by atoms with Gasteiger partial charge in [-0.15, -0.1) is 0 Å². The lowest BCUT2D eigenvalue weighted by Gasteiger charge is -2.29. The molecule has 0 unspecified atom stereocenters. The number of carbonyl (C=O) groups excluding carboxylic acids is 2. The molecule has 3 amide bonds. The van der Waals surface area contributed by atoms with Gasteiger partial charge < -0.3 is 15.0 Å². The van der Waals surface area contributed by atoms with Gasteiger partial charge in [0.15, 0.2) is 0 Å². The number of nitrogens with zero attached hydrogens (tertiary/aromatic N) is 3. The first-order chi connectivity index (χ1) is 10.2. The molecule has 0 radical (unpaired) electrons. The fourth-order valence-electron chi connectivity index (χ4n) is 2.31. The molecule has 22 heavy (non-hydrogen) atoms. The Kier molecular flexibility index (Phi) is 4.30. The lowest BCUT2D eigenvalue weighted by molar-refractivity contribution is 0.0224. The fourth-order valence-corrected chi connectivity index (χ4v) is 2.31. The van der Waals surface area contributed by atoms with Crippen molar-refractivity contribution < 1.29 is 14.3 Å². The zero-order valence-corrected chi connectivity index (χ0v) is 13.7. The van der Waals surface area contributed by atoms with E-state index in [-0.39, 0.29) is 12.1 Å². The Morgan fingerprint density at radius 1 is 1.32 bits per heavy atom. The number of urea groups is 1. The summed E-state index contributed by atoms with van der Waals surface area (Å²) in [7, 11) is 3.31. The van der Waals surface area contributed by atoms with Crippen molar-refractivity contribution in [3.8, 4) is 0 Å². The largest absolute Gasteiger partial charge is 0.444 e. The van der Waals surface area contributed by atoms with E-state index >= 15 is 0 Å². The van der Waals surface area contributed by atoms with E-state index in [2.05, 4.69) is 15.7 Å². The molecule has 1 aliphatic heterocycles. The molecule has 0 aromatic carbocycles. The topological polar surface area (TPSA) is 88.5 Å². The molecule has 0 saturated heterocycles. The molecule has 0 fully saturated rings. The van der Waals surface area contributed by atoms with Crippen molar-refractivity contribution in [3.63, 3.8) is 0 Å². The van der Waals surface area contributed by atoms with Crippen LogP contribution in [0.25, 0.3) is 0 Å². The number of aryl methyl sites for hydroxylation is 1. The van der Waals surface area contributed by atoms with Crippen molar-refractivity contribution in [1.29, 1.82) is 0 Å². The van der Waals surface area contributed by atoms with Gasteiger partial charge in [-0.1, -0.05) is 0 Å². The van der Waals surface area contributed by atoms with Gasteiger partial charge in [0.2, 0.25) is 0 Å². The fraction of sp³-hybridized carbons (Fsp3) is 0.643. The highest BCUT2D eigenvalue weighted by atomic mass is 16.6. The Morgan fingerprint density at radius 3 is 2.59 bits per heavy atom. The van der Waals surface area contributed by atoms with E-state index in [0.717, 1.165) is 11.3 Å². The van der Waals surface area contributed by atoms with Crippen LogP contribution in [0.15, 0.2) is 0 Å². The van der Waals surface area contributed by atoms with Gasteiger partial charge in [0, 0.05) is 32.6 Å². The van der Waals surface area contributed by atoms with Crippen molar-refractivity contribution in [1.82, 2.24) is 20.0 Å². The maximum atomic E-state index is 12.2.